The van der Waals surface area contributed by atoms with Crippen molar-refractivity contribution in [2.45, 2.75) is 84.1 Å². The number of ether oxygens (including phenoxy) is 4. The summed E-state index contributed by atoms with van der Waals surface area (Å²) in [7, 11) is 1.54. The van der Waals surface area contributed by atoms with Crippen LogP contribution < -0.4 is 0 Å². The summed E-state index contributed by atoms with van der Waals surface area (Å²) in [6.07, 6.45) is -1.30. The van der Waals surface area contributed by atoms with Gasteiger partial charge in [-0.3, -0.25) is 0 Å². The Morgan fingerprint density at radius 2 is 1.71 bits per heavy atom. The Kier molecular flexibility index (Phi) is 10.1. The minimum Gasteiger partial charge on any atom is -0.390 e. The van der Waals surface area contributed by atoms with Gasteiger partial charge in [0.15, 0.2) is 12.6 Å². The Bertz CT molecular complexity index is 565. The number of hydrogen-bond donors (Lipinski definition) is 1. The second-order valence-electron chi connectivity index (χ2n) is 7.34. The summed E-state index contributed by atoms with van der Waals surface area (Å²) in [5.41, 5.74) is 8.87. The molecule has 0 spiro atoms. The molecule has 4 unspecified atom stereocenters. The summed E-state index contributed by atoms with van der Waals surface area (Å²) in [5.74, 6) is 0.00933. The van der Waals surface area contributed by atoms with Gasteiger partial charge in [-0.1, -0.05) is 32.8 Å². The lowest BCUT2D eigenvalue weighted by Crippen LogP contribution is -2.57. The number of aliphatic hydroxyl groups is 1. The number of azide groups is 1. The molecular formula is C18H31N3O7. The van der Waals surface area contributed by atoms with Crippen LogP contribution in [0.2, 0.25) is 0 Å². The smallest absolute Gasteiger partial charge is 0.373 e. The summed E-state index contributed by atoms with van der Waals surface area (Å²) in [4.78, 5) is 19.2. The number of aliphatic hydroxyl groups excluding tert-OH is 1. The molecule has 2 saturated heterocycles. The standard InChI is InChI=1S/C17H31N3O5.CO2/c1-7-12-15(10(4)13(19-20-18)17(22-6)24-12)25-16-9(3)8(2)14(21)11(5)23-16;2-1-3/h8-17,21H,7H2,1-6H3;/t8-,9?,10-,11?,12?,13?,14+,15+,16-,17+;/m1./s1. The Hall–Kier alpha value is -1.51. The molecule has 2 rings (SSSR count). The van der Waals surface area contributed by atoms with Crippen molar-refractivity contribution in [1.82, 2.24) is 0 Å². The molecule has 10 nitrogen and oxygen atoms in total. The van der Waals surface area contributed by atoms with Crippen LogP contribution in [-0.2, 0) is 28.5 Å². The molecule has 1 N–H and O–H groups in total. The SMILES string of the molecule is CCC1O[C@H](OC)C(N=[N+]=[N-])[C@@H](C)[C@@H]1O[C@H]1OC(C)[C@@H](O)[C@H](C)C1C.O=C=O. The topological polar surface area (TPSA) is 140 Å². The molecule has 28 heavy (non-hydrogen) atoms. The molecule has 2 aliphatic rings. The van der Waals surface area contributed by atoms with Crippen LogP contribution in [-0.4, -0.2) is 61.4 Å². The average molecular weight is 401 g/mol. The molecule has 0 aromatic rings. The third-order valence-electron chi connectivity index (χ3n) is 5.75. The first-order valence-electron chi connectivity index (χ1n) is 9.47. The van der Waals surface area contributed by atoms with Crippen molar-refractivity contribution in [3.05, 3.63) is 10.4 Å². The lowest BCUT2D eigenvalue weighted by molar-refractivity contribution is -0.316. The summed E-state index contributed by atoms with van der Waals surface area (Å²) in [6.45, 7) is 9.88. The number of nitrogens with zero attached hydrogens (tertiary/aromatic N) is 3. The van der Waals surface area contributed by atoms with Crippen LogP contribution in [0.25, 0.3) is 10.4 Å². The fourth-order valence-electron chi connectivity index (χ4n) is 3.78. The zero-order chi connectivity index (χ0) is 21.4. The van der Waals surface area contributed by atoms with E-state index in [-0.39, 0.29) is 42.2 Å². The summed E-state index contributed by atoms with van der Waals surface area (Å²) < 4.78 is 23.6. The largest absolute Gasteiger partial charge is 0.390 e. The van der Waals surface area contributed by atoms with Gasteiger partial charge in [-0.15, -0.1) is 0 Å². The normalized spacial score (nSPS) is 43.1. The van der Waals surface area contributed by atoms with Crippen LogP contribution >= 0.6 is 0 Å². The van der Waals surface area contributed by atoms with Crippen LogP contribution in [0.4, 0.5) is 0 Å². The highest BCUT2D eigenvalue weighted by Gasteiger charge is 2.47. The molecule has 0 saturated carbocycles. The molecule has 160 valence electrons. The average Bonchev–Trinajstić information content (AvgIpc) is 2.68. The van der Waals surface area contributed by atoms with E-state index in [1.54, 1.807) is 7.11 Å². The quantitative estimate of drug-likeness (QED) is 0.423. The van der Waals surface area contributed by atoms with Crippen molar-refractivity contribution in [2.75, 3.05) is 7.11 Å². The minimum absolute atomic E-state index is 0.0361. The van der Waals surface area contributed by atoms with Crippen molar-refractivity contribution in [3.63, 3.8) is 0 Å². The summed E-state index contributed by atoms with van der Waals surface area (Å²) >= 11 is 0. The van der Waals surface area contributed by atoms with Gasteiger partial charge in [0.25, 0.3) is 0 Å². The van der Waals surface area contributed by atoms with E-state index in [9.17, 15) is 5.11 Å². The zero-order valence-electron chi connectivity index (χ0n) is 17.2. The first-order valence-corrected chi connectivity index (χ1v) is 9.47. The van der Waals surface area contributed by atoms with Gasteiger partial charge in [0.2, 0.25) is 0 Å². The van der Waals surface area contributed by atoms with Gasteiger partial charge < -0.3 is 24.1 Å². The Morgan fingerprint density at radius 3 is 2.21 bits per heavy atom. The lowest BCUT2D eigenvalue weighted by atomic mass is 9.84. The van der Waals surface area contributed by atoms with E-state index in [2.05, 4.69) is 10.0 Å². The maximum atomic E-state index is 10.2. The summed E-state index contributed by atoms with van der Waals surface area (Å²) in [5, 5.41) is 14.1. The van der Waals surface area contributed by atoms with E-state index in [0.29, 0.717) is 0 Å². The van der Waals surface area contributed by atoms with Crippen molar-refractivity contribution in [2.24, 2.45) is 22.9 Å². The van der Waals surface area contributed by atoms with E-state index in [0.717, 1.165) is 6.42 Å². The third kappa shape index (κ3) is 5.52. The van der Waals surface area contributed by atoms with Crippen LogP contribution in [0.5, 0.6) is 0 Å². The molecule has 10 atom stereocenters. The molecular weight excluding hydrogens is 370 g/mol. The van der Waals surface area contributed by atoms with Crippen molar-refractivity contribution in [3.8, 4) is 0 Å². The number of methoxy groups -OCH3 is 1. The fourth-order valence-corrected chi connectivity index (χ4v) is 3.78. The van der Waals surface area contributed by atoms with Gasteiger partial charge in [0.05, 0.1) is 30.5 Å². The molecule has 0 bridgehead atoms. The Balaban J connectivity index is 0.00000122. The fraction of sp³-hybridized carbons (Fsp3) is 0.944. The molecule has 0 aromatic carbocycles. The Labute approximate surface area is 165 Å². The molecule has 2 heterocycles. The van der Waals surface area contributed by atoms with Gasteiger partial charge in [-0.2, -0.15) is 9.59 Å². The third-order valence-corrected chi connectivity index (χ3v) is 5.75. The highest BCUT2D eigenvalue weighted by molar-refractivity contribution is 5.20. The first kappa shape index (κ1) is 24.5. The second-order valence-corrected chi connectivity index (χ2v) is 7.34. The van der Waals surface area contributed by atoms with E-state index in [1.807, 2.05) is 34.6 Å². The predicted octanol–water partition coefficient (Wildman–Crippen LogP) is 2.26. The molecule has 0 aromatic heterocycles. The van der Waals surface area contributed by atoms with Gasteiger partial charge in [-0.05, 0) is 30.7 Å². The van der Waals surface area contributed by atoms with E-state index in [4.69, 9.17) is 34.1 Å². The van der Waals surface area contributed by atoms with Crippen molar-refractivity contribution in [1.29, 1.82) is 0 Å². The monoisotopic (exact) mass is 401 g/mol. The zero-order valence-corrected chi connectivity index (χ0v) is 17.2. The molecule has 0 aliphatic carbocycles. The Morgan fingerprint density at radius 1 is 1.11 bits per heavy atom. The van der Waals surface area contributed by atoms with Gasteiger partial charge in [0.1, 0.15) is 0 Å². The maximum absolute atomic E-state index is 10.2. The van der Waals surface area contributed by atoms with Gasteiger partial charge in [-0.25, -0.2) is 0 Å². The first-order chi connectivity index (χ1) is 13.3. The summed E-state index contributed by atoms with van der Waals surface area (Å²) in [6, 6.07) is -0.470. The minimum atomic E-state index is -0.583. The van der Waals surface area contributed by atoms with Crippen molar-refractivity contribution < 1.29 is 33.6 Å². The highest BCUT2D eigenvalue weighted by atomic mass is 16.7. The molecule has 10 heteroatoms. The van der Waals surface area contributed by atoms with Crippen LogP contribution in [0.1, 0.15) is 41.0 Å². The van der Waals surface area contributed by atoms with E-state index < -0.39 is 24.7 Å². The number of carbonyl (C=O) groups excluding carboxylic acids is 2. The van der Waals surface area contributed by atoms with Crippen LogP contribution in [0.15, 0.2) is 5.11 Å². The van der Waals surface area contributed by atoms with Gasteiger partial charge in [0, 0.05) is 17.9 Å². The van der Waals surface area contributed by atoms with E-state index in [1.165, 1.54) is 0 Å². The van der Waals surface area contributed by atoms with Crippen LogP contribution in [0.3, 0.4) is 0 Å². The molecule has 2 fully saturated rings. The van der Waals surface area contributed by atoms with E-state index >= 15 is 0 Å². The number of rotatable bonds is 5. The molecule has 0 amide bonds. The lowest BCUT2D eigenvalue weighted by Gasteiger charge is -2.47. The highest BCUT2D eigenvalue weighted by Crippen LogP contribution is 2.37. The van der Waals surface area contributed by atoms with Gasteiger partial charge >= 0.3 is 6.15 Å². The molecule has 2 aliphatic heterocycles. The maximum Gasteiger partial charge on any atom is 0.373 e. The second kappa shape index (κ2) is 11.5. The van der Waals surface area contributed by atoms with Crippen LogP contribution in [0, 0.1) is 17.8 Å². The number of hydrogen-bond acceptors (Lipinski definition) is 8. The van der Waals surface area contributed by atoms with Crippen molar-refractivity contribution >= 4 is 6.15 Å². The molecule has 0 radical (unpaired) electrons. The predicted molar refractivity (Wildman–Crippen MR) is 96.6 cm³/mol.